The molecule has 3 rings (SSSR count). The molecule has 0 atom stereocenters. The second kappa shape index (κ2) is 13.7. The summed E-state index contributed by atoms with van der Waals surface area (Å²) in [5, 5.41) is 6.69. The van der Waals surface area contributed by atoms with E-state index >= 15 is 0 Å². The van der Waals surface area contributed by atoms with Crippen LogP contribution in [-0.2, 0) is 16.2 Å². The van der Waals surface area contributed by atoms with Gasteiger partial charge in [-0.25, -0.2) is 5.43 Å². The third-order valence-electron chi connectivity index (χ3n) is 4.73. The predicted molar refractivity (Wildman–Crippen MR) is 140 cm³/mol. The van der Waals surface area contributed by atoms with Crippen LogP contribution in [0.1, 0.15) is 31.4 Å². The Hall–Kier alpha value is -4.04. The van der Waals surface area contributed by atoms with Crippen LogP contribution in [0.25, 0.3) is 0 Å². The van der Waals surface area contributed by atoms with E-state index in [-0.39, 0.29) is 0 Å². The van der Waals surface area contributed by atoms with E-state index in [0.29, 0.717) is 53.3 Å². The van der Waals surface area contributed by atoms with Crippen molar-refractivity contribution in [3.8, 4) is 17.2 Å². The van der Waals surface area contributed by atoms with Crippen molar-refractivity contribution in [2.24, 2.45) is 5.10 Å². The molecule has 0 aliphatic rings. The molecule has 9 heteroatoms. The quantitative estimate of drug-likeness (QED) is 0.210. The number of hydrazone groups is 1. The molecule has 2 amide bonds. The zero-order valence-corrected chi connectivity index (χ0v) is 20.9. The second-order valence-corrected chi connectivity index (χ2v) is 7.97. The van der Waals surface area contributed by atoms with Crippen LogP contribution in [0.4, 0.5) is 5.69 Å². The van der Waals surface area contributed by atoms with E-state index in [1.54, 1.807) is 36.4 Å². The Morgan fingerprint density at radius 1 is 0.944 bits per heavy atom. The van der Waals surface area contributed by atoms with E-state index in [1.807, 2.05) is 44.2 Å². The maximum Gasteiger partial charge on any atom is 0.329 e. The second-order valence-electron chi connectivity index (χ2n) is 7.56. The number of carbonyl (C=O) groups excluding carboxylic acids is 2. The highest BCUT2D eigenvalue weighted by atomic mass is 35.5. The molecule has 0 bridgehead atoms. The number of benzene rings is 3. The Balaban J connectivity index is 1.58. The van der Waals surface area contributed by atoms with Crippen molar-refractivity contribution in [1.29, 1.82) is 0 Å². The number of carbonyl (C=O) groups is 2. The van der Waals surface area contributed by atoms with Gasteiger partial charge in [-0.1, -0.05) is 48.9 Å². The lowest BCUT2D eigenvalue weighted by Gasteiger charge is -2.14. The maximum absolute atomic E-state index is 12.2. The molecule has 0 fully saturated rings. The van der Waals surface area contributed by atoms with Crippen LogP contribution in [0.15, 0.2) is 71.8 Å². The van der Waals surface area contributed by atoms with Gasteiger partial charge in [0.15, 0.2) is 11.5 Å². The molecule has 2 N–H and O–H groups in total. The molecule has 8 nitrogen and oxygen atoms in total. The van der Waals surface area contributed by atoms with Crippen LogP contribution < -0.4 is 25.0 Å². The molecular formula is C27H28ClN3O5. The molecule has 188 valence electrons. The Morgan fingerprint density at radius 3 is 2.39 bits per heavy atom. The number of ether oxygens (including phenoxy) is 3. The average molecular weight is 510 g/mol. The number of anilines is 1. The van der Waals surface area contributed by atoms with Gasteiger partial charge >= 0.3 is 11.8 Å². The van der Waals surface area contributed by atoms with Gasteiger partial charge in [-0.3, -0.25) is 9.59 Å². The van der Waals surface area contributed by atoms with Gasteiger partial charge in [0.2, 0.25) is 0 Å². The zero-order valence-electron chi connectivity index (χ0n) is 20.1. The first-order chi connectivity index (χ1) is 17.5. The van der Waals surface area contributed by atoms with E-state index in [2.05, 4.69) is 15.8 Å². The summed E-state index contributed by atoms with van der Waals surface area (Å²) in [5.74, 6) is -0.235. The minimum atomic E-state index is -0.920. The van der Waals surface area contributed by atoms with Crippen LogP contribution in [0.2, 0.25) is 5.02 Å². The van der Waals surface area contributed by atoms with Crippen molar-refractivity contribution in [2.75, 3.05) is 18.5 Å². The summed E-state index contributed by atoms with van der Waals surface area (Å²) in [6, 6.07) is 19.7. The normalized spacial score (nSPS) is 10.6. The standard InChI is InChI=1S/C27H28ClN3O5/c1-3-14-35-22-12-10-21(11-13-22)30-26(32)27(33)31-29-17-20-15-23(28)25(24(16-20)34-4-2)36-18-19-8-6-5-7-9-19/h5-13,15-17H,3-4,14,18H2,1-2H3,(H,30,32)(H,31,33)/b29-17-. The summed E-state index contributed by atoms with van der Waals surface area (Å²) in [6.07, 6.45) is 2.25. The van der Waals surface area contributed by atoms with Crippen LogP contribution in [0.3, 0.4) is 0 Å². The molecule has 36 heavy (non-hydrogen) atoms. The van der Waals surface area contributed by atoms with Crippen molar-refractivity contribution in [1.82, 2.24) is 5.43 Å². The molecule has 3 aromatic rings. The van der Waals surface area contributed by atoms with E-state index in [4.69, 9.17) is 25.8 Å². The molecule has 0 aliphatic heterocycles. The number of hydrogen-bond donors (Lipinski definition) is 2. The van der Waals surface area contributed by atoms with Gasteiger partial charge in [-0.15, -0.1) is 0 Å². The van der Waals surface area contributed by atoms with E-state index in [9.17, 15) is 9.59 Å². The summed E-state index contributed by atoms with van der Waals surface area (Å²) in [6.45, 7) is 5.20. The Morgan fingerprint density at radius 2 is 1.69 bits per heavy atom. The fourth-order valence-electron chi connectivity index (χ4n) is 3.05. The van der Waals surface area contributed by atoms with Gasteiger partial charge in [0.1, 0.15) is 12.4 Å². The van der Waals surface area contributed by atoms with Gasteiger partial charge < -0.3 is 19.5 Å². The third kappa shape index (κ3) is 8.02. The van der Waals surface area contributed by atoms with Crippen molar-refractivity contribution in [3.63, 3.8) is 0 Å². The molecule has 0 aliphatic carbocycles. The molecule has 0 saturated carbocycles. The van der Waals surface area contributed by atoms with Crippen molar-refractivity contribution < 1.29 is 23.8 Å². The SMILES string of the molecule is CCCOc1ccc(NC(=O)C(=O)N/N=C\c2cc(Cl)c(OCc3ccccc3)c(OCC)c2)cc1. The number of halogens is 1. The van der Waals surface area contributed by atoms with Gasteiger partial charge in [0, 0.05) is 5.69 Å². The molecule has 0 spiro atoms. The first kappa shape index (κ1) is 26.6. The Bertz CT molecular complexity index is 1180. The zero-order chi connectivity index (χ0) is 25.8. The lowest BCUT2D eigenvalue weighted by Crippen LogP contribution is -2.32. The molecule has 0 aromatic heterocycles. The summed E-state index contributed by atoms with van der Waals surface area (Å²) in [4.78, 5) is 24.3. The Kier molecular flexibility index (Phi) is 10.1. The van der Waals surface area contributed by atoms with Crippen LogP contribution in [-0.4, -0.2) is 31.2 Å². The van der Waals surface area contributed by atoms with Gasteiger partial charge in [-0.05, 0) is 60.9 Å². The summed E-state index contributed by atoms with van der Waals surface area (Å²) < 4.78 is 17.1. The highest BCUT2D eigenvalue weighted by Gasteiger charge is 2.14. The molecular weight excluding hydrogens is 482 g/mol. The molecule has 0 heterocycles. The maximum atomic E-state index is 12.2. The van der Waals surface area contributed by atoms with E-state index in [1.165, 1.54) is 6.21 Å². The van der Waals surface area contributed by atoms with Crippen LogP contribution in [0.5, 0.6) is 17.2 Å². The molecule has 0 unspecified atom stereocenters. The Labute approximate surface area is 215 Å². The van der Waals surface area contributed by atoms with Gasteiger partial charge in [-0.2, -0.15) is 5.10 Å². The first-order valence-corrected chi connectivity index (χ1v) is 11.9. The van der Waals surface area contributed by atoms with Crippen molar-refractivity contribution >= 4 is 35.3 Å². The fourth-order valence-corrected chi connectivity index (χ4v) is 3.33. The fraction of sp³-hybridized carbons (Fsp3) is 0.222. The van der Waals surface area contributed by atoms with Gasteiger partial charge in [0.25, 0.3) is 0 Å². The highest BCUT2D eigenvalue weighted by molar-refractivity contribution is 6.39. The number of nitrogens with one attached hydrogen (secondary N) is 2. The van der Waals surface area contributed by atoms with Gasteiger partial charge in [0.05, 0.1) is 24.5 Å². The lowest BCUT2D eigenvalue weighted by molar-refractivity contribution is -0.136. The number of rotatable bonds is 11. The minimum Gasteiger partial charge on any atom is -0.494 e. The first-order valence-electron chi connectivity index (χ1n) is 11.5. The van der Waals surface area contributed by atoms with E-state index < -0.39 is 11.8 Å². The average Bonchev–Trinajstić information content (AvgIpc) is 2.88. The van der Waals surface area contributed by atoms with Crippen LogP contribution >= 0.6 is 11.6 Å². The number of amides is 2. The van der Waals surface area contributed by atoms with Crippen LogP contribution in [0, 0.1) is 0 Å². The third-order valence-corrected chi connectivity index (χ3v) is 5.01. The summed E-state index contributed by atoms with van der Waals surface area (Å²) in [5.41, 5.74) is 4.21. The molecule has 0 radical (unpaired) electrons. The predicted octanol–water partition coefficient (Wildman–Crippen LogP) is 5.20. The smallest absolute Gasteiger partial charge is 0.329 e. The number of hydrogen-bond acceptors (Lipinski definition) is 6. The molecule has 0 saturated heterocycles. The minimum absolute atomic E-state index is 0.327. The molecule has 3 aromatic carbocycles. The van der Waals surface area contributed by atoms with E-state index in [0.717, 1.165) is 12.0 Å². The topological polar surface area (TPSA) is 98.2 Å². The van der Waals surface area contributed by atoms with Crippen molar-refractivity contribution in [2.45, 2.75) is 26.9 Å². The number of nitrogens with zero attached hydrogens (tertiary/aromatic N) is 1. The summed E-state index contributed by atoms with van der Waals surface area (Å²) in [7, 11) is 0. The largest absolute Gasteiger partial charge is 0.494 e. The highest BCUT2D eigenvalue weighted by Crippen LogP contribution is 2.37. The van der Waals surface area contributed by atoms with Crippen molar-refractivity contribution in [3.05, 3.63) is 82.9 Å². The summed E-state index contributed by atoms with van der Waals surface area (Å²) >= 11 is 6.43. The monoisotopic (exact) mass is 509 g/mol. The lowest BCUT2D eigenvalue weighted by atomic mass is 10.2.